The molecule has 0 radical (unpaired) electrons. The van der Waals surface area contributed by atoms with Crippen LogP contribution in [-0.2, 0) is 19.4 Å². The molecule has 1 aromatic heterocycles. The van der Waals surface area contributed by atoms with Crippen LogP contribution >= 0.6 is 11.3 Å². The topological polar surface area (TPSA) is 116 Å². The summed E-state index contributed by atoms with van der Waals surface area (Å²) in [4.78, 5) is 22.9. The summed E-state index contributed by atoms with van der Waals surface area (Å²) in [6, 6.07) is 9.95. The smallest absolute Gasteiger partial charge is 0.369 e. The molecular formula is C29H34F3N5O4S2. The highest BCUT2D eigenvalue weighted by Crippen LogP contribution is 2.47. The molecule has 2 saturated carbocycles. The van der Waals surface area contributed by atoms with E-state index in [9.17, 15) is 31.6 Å². The minimum absolute atomic E-state index is 0.0701. The SMILES string of the molecule is N#CC1(NC(=O)C2CCCCC2c2nc(N3CCO[C@H](C(F)(F)F)C3)sc2-c2ccc(N3CCS(=O)(=O)CC3)cc2)CC1. The van der Waals surface area contributed by atoms with Crippen LogP contribution in [0, 0.1) is 17.2 Å². The average molecular weight is 638 g/mol. The van der Waals surface area contributed by atoms with Crippen molar-refractivity contribution in [1.29, 1.82) is 5.26 Å². The molecule has 14 heteroatoms. The van der Waals surface area contributed by atoms with E-state index >= 15 is 0 Å². The van der Waals surface area contributed by atoms with E-state index in [0.717, 1.165) is 29.0 Å². The van der Waals surface area contributed by atoms with Crippen molar-refractivity contribution < 1.29 is 31.1 Å². The van der Waals surface area contributed by atoms with E-state index in [2.05, 4.69) is 11.4 Å². The summed E-state index contributed by atoms with van der Waals surface area (Å²) < 4.78 is 69.4. The van der Waals surface area contributed by atoms with Crippen molar-refractivity contribution in [1.82, 2.24) is 10.3 Å². The first kappa shape index (κ1) is 30.1. The van der Waals surface area contributed by atoms with Crippen LogP contribution in [0.15, 0.2) is 24.3 Å². The molecule has 0 bridgehead atoms. The number of nitriles is 1. The Morgan fingerprint density at radius 3 is 2.44 bits per heavy atom. The number of carbonyl (C=O) groups is 1. The molecule has 3 atom stereocenters. The molecule has 2 aliphatic heterocycles. The Labute approximate surface area is 252 Å². The molecule has 1 aromatic carbocycles. The van der Waals surface area contributed by atoms with Crippen molar-refractivity contribution in [3.63, 3.8) is 0 Å². The lowest BCUT2D eigenvalue weighted by Crippen LogP contribution is -2.49. The fourth-order valence-corrected chi connectivity index (χ4v) is 8.60. The standard InChI is InChI=1S/C29H34F3N5O4S2/c30-29(31,32)23-17-37(11-14-41-23)27-34-24(21-3-1-2-4-22(21)26(38)35-28(18-33)9-10-28)25(42-27)19-5-7-20(8-6-19)36-12-15-43(39,40)16-13-36/h5-8,21-23H,1-4,9-17H2,(H,35,38)/t21?,22?,23-/m0/s1. The first-order valence-corrected chi connectivity index (χ1v) is 17.3. The average Bonchev–Trinajstić information content (AvgIpc) is 3.63. The quantitative estimate of drug-likeness (QED) is 0.500. The number of anilines is 2. The Hall–Kier alpha value is -2.89. The molecule has 232 valence electrons. The van der Waals surface area contributed by atoms with Crippen LogP contribution in [0.2, 0.25) is 0 Å². The van der Waals surface area contributed by atoms with Gasteiger partial charge in [-0.2, -0.15) is 18.4 Å². The molecule has 9 nitrogen and oxygen atoms in total. The predicted molar refractivity (Wildman–Crippen MR) is 157 cm³/mol. The maximum atomic E-state index is 13.5. The van der Waals surface area contributed by atoms with Gasteiger partial charge in [-0.05, 0) is 43.4 Å². The van der Waals surface area contributed by atoms with Crippen LogP contribution in [-0.4, -0.2) is 81.4 Å². The molecule has 3 heterocycles. The van der Waals surface area contributed by atoms with E-state index in [1.165, 1.54) is 11.3 Å². The van der Waals surface area contributed by atoms with Crippen LogP contribution in [0.25, 0.3) is 10.4 Å². The van der Waals surface area contributed by atoms with E-state index in [1.807, 2.05) is 29.2 Å². The lowest BCUT2D eigenvalue weighted by molar-refractivity contribution is -0.221. The lowest BCUT2D eigenvalue weighted by Gasteiger charge is -2.33. The molecule has 2 aliphatic carbocycles. The van der Waals surface area contributed by atoms with Crippen LogP contribution < -0.4 is 15.1 Å². The Bertz CT molecular complexity index is 1490. The normalized spacial score (nSPS) is 26.9. The number of nitrogens with zero attached hydrogens (tertiary/aromatic N) is 4. The molecule has 2 unspecified atom stereocenters. The van der Waals surface area contributed by atoms with Crippen molar-refractivity contribution >= 4 is 37.9 Å². The summed E-state index contributed by atoms with van der Waals surface area (Å²) in [5.74, 6) is -0.588. The minimum atomic E-state index is -4.49. The van der Waals surface area contributed by atoms with E-state index < -0.39 is 33.6 Å². The number of alkyl halides is 3. The van der Waals surface area contributed by atoms with E-state index in [0.29, 0.717) is 49.6 Å². The molecule has 0 spiro atoms. The fourth-order valence-electron chi connectivity index (χ4n) is 6.22. The zero-order valence-electron chi connectivity index (χ0n) is 23.6. The largest absolute Gasteiger partial charge is 0.416 e. The molecule has 1 amide bonds. The van der Waals surface area contributed by atoms with Gasteiger partial charge < -0.3 is 19.9 Å². The second kappa shape index (κ2) is 11.6. The first-order chi connectivity index (χ1) is 20.5. The first-order valence-electron chi connectivity index (χ1n) is 14.7. The van der Waals surface area contributed by atoms with E-state index in [1.54, 1.807) is 4.90 Å². The number of amides is 1. The highest BCUT2D eigenvalue weighted by atomic mass is 32.2. The van der Waals surface area contributed by atoms with Gasteiger partial charge in [-0.15, -0.1) is 0 Å². The van der Waals surface area contributed by atoms with Crippen LogP contribution in [0.5, 0.6) is 0 Å². The maximum absolute atomic E-state index is 13.5. The van der Waals surface area contributed by atoms with Gasteiger partial charge in [0.1, 0.15) is 5.54 Å². The second-order valence-corrected chi connectivity index (χ2v) is 15.2. The van der Waals surface area contributed by atoms with Gasteiger partial charge in [-0.1, -0.05) is 36.3 Å². The third-order valence-corrected chi connectivity index (χ3v) is 11.8. The summed E-state index contributed by atoms with van der Waals surface area (Å²) in [5.41, 5.74) is 1.65. The monoisotopic (exact) mass is 637 g/mol. The fraction of sp³-hybridized carbons (Fsp3) is 0.621. The van der Waals surface area contributed by atoms with Gasteiger partial charge in [0, 0.05) is 37.2 Å². The number of nitrogens with one attached hydrogen (secondary N) is 1. The van der Waals surface area contributed by atoms with Gasteiger partial charge in [0.2, 0.25) is 5.91 Å². The molecular weight excluding hydrogens is 603 g/mol. The van der Waals surface area contributed by atoms with Gasteiger partial charge in [-0.25, -0.2) is 13.4 Å². The van der Waals surface area contributed by atoms with Gasteiger partial charge in [0.15, 0.2) is 21.1 Å². The zero-order chi connectivity index (χ0) is 30.4. The predicted octanol–water partition coefficient (Wildman–Crippen LogP) is 4.26. The van der Waals surface area contributed by atoms with Crippen molar-refractivity contribution in [2.75, 3.05) is 54.1 Å². The number of aromatic nitrogens is 1. The summed E-state index contributed by atoms with van der Waals surface area (Å²) >= 11 is 1.33. The summed E-state index contributed by atoms with van der Waals surface area (Å²) in [5, 5.41) is 13.0. The Balaban J connectivity index is 1.33. The molecule has 4 aliphatic rings. The lowest BCUT2D eigenvalue weighted by atomic mass is 9.76. The minimum Gasteiger partial charge on any atom is -0.369 e. The maximum Gasteiger partial charge on any atom is 0.416 e. The van der Waals surface area contributed by atoms with Crippen LogP contribution in [0.3, 0.4) is 0 Å². The van der Waals surface area contributed by atoms with Gasteiger partial charge in [0.25, 0.3) is 0 Å². The van der Waals surface area contributed by atoms with Crippen molar-refractivity contribution in [3.05, 3.63) is 30.0 Å². The molecule has 1 N–H and O–H groups in total. The molecule has 6 rings (SSSR count). The number of sulfone groups is 1. The van der Waals surface area contributed by atoms with Crippen molar-refractivity contribution in [2.24, 2.45) is 5.92 Å². The number of ether oxygens (including phenoxy) is 1. The van der Waals surface area contributed by atoms with Crippen LogP contribution in [0.4, 0.5) is 24.0 Å². The number of rotatable bonds is 6. The summed E-state index contributed by atoms with van der Waals surface area (Å²) in [6.45, 7) is 0.677. The van der Waals surface area contributed by atoms with Crippen molar-refractivity contribution in [3.8, 4) is 16.5 Å². The number of hydrogen-bond donors (Lipinski definition) is 1. The Morgan fingerprint density at radius 2 is 1.79 bits per heavy atom. The number of thiazole rings is 1. The van der Waals surface area contributed by atoms with E-state index in [-0.39, 0.29) is 43.0 Å². The van der Waals surface area contributed by atoms with E-state index in [4.69, 9.17) is 9.72 Å². The summed E-state index contributed by atoms with van der Waals surface area (Å²) in [7, 11) is -3.02. The van der Waals surface area contributed by atoms with Crippen LogP contribution in [0.1, 0.15) is 50.1 Å². The molecule has 4 fully saturated rings. The number of halogens is 3. The molecule has 43 heavy (non-hydrogen) atoms. The van der Waals surface area contributed by atoms with Gasteiger partial charge in [0.05, 0.1) is 41.3 Å². The number of benzene rings is 1. The van der Waals surface area contributed by atoms with Gasteiger partial charge >= 0.3 is 6.18 Å². The third-order valence-electron chi connectivity index (χ3n) is 8.96. The Kier molecular flexibility index (Phi) is 8.10. The zero-order valence-corrected chi connectivity index (χ0v) is 25.2. The molecule has 2 saturated heterocycles. The van der Waals surface area contributed by atoms with Gasteiger partial charge in [-0.3, -0.25) is 4.79 Å². The van der Waals surface area contributed by atoms with Crippen molar-refractivity contribution in [2.45, 2.75) is 62.3 Å². The Morgan fingerprint density at radius 1 is 1.09 bits per heavy atom. The number of carbonyl (C=O) groups excluding carboxylic acids is 1. The third kappa shape index (κ3) is 6.49. The number of morpholine rings is 1. The summed E-state index contributed by atoms with van der Waals surface area (Å²) in [6.07, 6.45) is -2.00. The highest BCUT2D eigenvalue weighted by molar-refractivity contribution is 7.91. The highest BCUT2D eigenvalue weighted by Gasteiger charge is 2.48. The number of hydrogen-bond acceptors (Lipinski definition) is 9. The molecule has 2 aromatic rings. The second-order valence-electron chi connectivity index (χ2n) is 11.9.